The second-order valence-corrected chi connectivity index (χ2v) is 7.54. The third-order valence-electron chi connectivity index (χ3n) is 5.28. The molecule has 156 valence electrons. The number of aromatic nitrogens is 6. The first-order valence-electron chi connectivity index (χ1n) is 10.2. The minimum Gasteiger partial charge on any atom is -0.334 e. The summed E-state index contributed by atoms with van der Waals surface area (Å²) in [5, 5.41) is 17.9. The number of hydrogen-bond donors (Lipinski definition) is 2. The molecule has 5 rings (SSSR count). The summed E-state index contributed by atoms with van der Waals surface area (Å²) in [6.07, 6.45) is 5.87. The van der Waals surface area contributed by atoms with Crippen LogP contribution in [0.5, 0.6) is 0 Å². The highest BCUT2D eigenvalue weighted by Gasteiger charge is 2.28. The number of amides is 2. The van der Waals surface area contributed by atoms with Crippen molar-refractivity contribution < 1.29 is 4.79 Å². The number of benzene rings is 2. The Kier molecular flexibility index (Phi) is 4.91. The van der Waals surface area contributed by atoms with Gasteiger partial charge in [-0.2, -0.15) is 0 Å². The van der Waals surface area contributed by atoms with Crippen LogP contribution in [0.15, 0.2) is 60.9 Å². The molecule has 4 aromatic rings. The van der Waals surface area contributed by atoms with Crippen LogP contribution in [0.25, 0.3) is 17.1 Å². The number of nitrogens with zero attached hydrogens (tertiary/aromatic N) is 6. The van der Waals surface area contributed by atoms with Gasteiger partial charge in [-0.15, -0.1) is 5.10 Å². The summed E-state index contributed by atoms with van der Waals surface area (Å²) < 4.78 is 3.86. The van der Waals surface area contributed by atoms with Crippen molar-refractivity contribution in [2.45, 2.75) is 32.4 Å². The van der Waals surface area contributed by atoms with Crippen molar-refractivity contribution in [2.75, 3.05) is 5.32 Å². The Morgan fingerprint density at radius 1 is 1.16 bits per heavy atom. The Labute approximate surface area is 179 Å². The van der Waals surface area contributed by atoms with Crippen molar-refractivity contribution >= 4 is 11.7 Å². The third kappa shape index (κ3) is 4.02. The number of aryl methyl sites for hydroxylation is 1. The van der Waals surface area contributed by atoms with Gasteiger partial charge < -0.3 is 15.2 Å². The average molecular weight is 414 g/mol. The van der Waals surface area contributed by atoms with E-state index in [-0.39, 0.29) is 6.03 Å². The number of tetrazole rings is 1. The topological polar surface area (TPSA) is 103 Å². The molecule has 0 unspecified atom stereocenters. The number of hydrogen-bond acceptors (Lipinski definition) is 5. The van der Waals surface area contributed by atoms with E-state index < -0.39 is 0 Å². The van der Waals surface area contributed by atoms with E-state index >= 15 is 0 Å². The largest absolute Gasteiger partial charge is 0.334 e. The molecule has 0 atom stereocenters. The molecular weight excluding hydrogens is 392 g/mol. The molecule has 0 spiro atoms. The lowest BCUT2D eigenvalue weighted by atomic mass is 10.1. The van der Waals surface area contributed by atoms with Gasteiger partial charge in [0.05, 0.1) is 11.7 Å². The van der Waals surface area contributed by atoms with Gasteiger partial charge in [-0.1, -0.05) is 30.3 Å². The minimum atomic E-state index is -0.281. The van der Waals surface area contributed by atoms with Crippen molar-refractivity contribution in [3.8, 4) is 17.1 Å². The lowest BCUT2D eigenvalue weighted by Crippen LogP contribution is -2.28. The predicted molar refractivity (Wildman–Crippen MR) is 116 cm³/mol. The zero-order valence-corrected chi connectivity index (χ0v) is 17.1. The standard InChI is InChI=1S/C22H22N8O/c1-15-23-11-12-29(15)20-8-3-2-5-17(20)14-24-22(31)25-18-7-4-6-16(13-18)21-26-27-28-30(21)19-9-10-19/h2-8,11-13,19H,9-10,14H2,1H3,(H2,24,25,31). The van der Waals surface area contributed by atoms with Crippen LogP contribution in [0, 0.1) is 6.92 Å². The van der Waals surface area contributed by atoms with E-state index in [1.165, 1.54) is 0 Å². The first-order valence-corrected chi connectivity index (χ1v) is 10.2. The highest BCUT2D eigenvalue weighted by molar-refractivity contribution is 5.90. The van der Waals surface area contributed by atoms with Crippen LogP contribution in [0.1, 0.15) is 30.3 Å². The summed E-state index contributed by atoms with van der Waals surface area (Å²) in [5.74, 6) is 1.61. The Balaban J connectivity index is 1.27. The predicted octanol–water partition coefficient (Wildman–Crippen LogP) is 3.49. The maximum atomic E-state index is 12.5. The molecule has 1 saturated carbocycles. The number of carbonyl (C=O) groups is 1. The molecule has 31 heavy (non-hydrogen) atoms. The van der Waals surface area contributed by atoms with Crippen molar-refractivity contribution in [3.05, 3.63) is 72.3 Å². The fourth-order valence-electron chi connectivity index (χ4n) is 3.56. The third-order valence-corrected chi connectivity index (χ3v) is 5.28. The molecule has 1 fully saturated rings. The van der Waals surface area contributed by atoms with Gasteiger partial charge in [-0.05, 0) is 54.0 Å². The van der Waals surface area contributed by atoms with Crippen LogP contribution in [0.4, 0.5) is 10.5 Å². The number of urea groups is 1. The maximum absolute atomic E-state index is 12.5. The Bertz CT molecular complexity index is 1220. The zero-order valence-electron chi connectivity index (χ0n) is 17.1. The number of carbonyl (C=O) groups excluding carboxylic acids is 1. The second-order valence-electron chi connectivity index (χ2n) is 7.54. The number of rotatable bonds is 6. The van der Waals surface area contributed by atoms with Crippen molar-refractivity contribution in [1.82, 2.24) is 35.1 Å². The molecule has 1 aliphatic carbocycles. The van der Waals surface area contributed by atoms with Gasteiger partial charge >= 0.3 is 6.03 Å². The summed E-state index contributed by atoms with van der Waals surface area (Å²) in [6.45, 7) is 2.34. The summed E-state index contributed by atoms with van der Waals surface area (Å²) in [5.41, 5.74) is 3.54. The minimum absolute atomic E-state index is 0.281. The van der Waals surface area contributed by atoms with E-state index in [1.807, 2.05) is 70.9 Å². The molecule has 0 radical (unpaired) electrons. The quantitative estimate of drug-likeness (QED) is 0.503. The highest BCUT2D eigenvalue weighted by Crippen LogP contribution is 2.36. The summed E-state index contributed by atoms with van der Waals surface area (Å²) in [4.78, 5) is 16.8. The van der Waals surface area contributed by atoms with E-state index in [9.17, 15) is 4.79 Å². The molecule has 0 bridgehead atoms. The van der Waals surface area contributed by atoms with Gasteiger partial charge in [-0.3, -0.25) is 0 Å². The van der Waals surface area contributed by atoms with E-state index in [2.05, 4.69) is 31.1 Å². The Hall–Kier alpha value is -4.01. The summed E-state index contributed by atoms with van der Waals surface area (Å²) in [7, 11) is 0. The van der Waals surface area contributed by atoms with Gasteiger partial charge in [0, 0.05) is 30.2 Å². The van der Waals surface area contributed by atoms with Crippen LogP contribution in [0.3, 0.4) is 0 Å². The second kappa shape index (κ2) is 8.02. The fraction of sp³-hybridized carbons (Fsp3) is 0.227. The lowest BCUT2D eigenvalue weighted by molar-refractivity contribution is 0.251. The average Bonchev–Trinajstić information content (AvgIpc) is 3.35. The SMILES string of the molecule is Cc1nccn1-c1ccccc1CNC(=O)Nc1cccc(-c2nnnn2C2CC2)c1. The summed E-state index contributed by atoms with van der Waals surface area (Å²) in [6, 6.07) is 15.6. The molecule has 2 heterocycles. The molecule has 9 heteroatoms. The molecule has 2 N–H and O–H groups in total. The Morgan fingerprint density at radius 2 is 2.03 bits per heavy atom. The molecule has 2 amide bonds. The summed E-state index contributed by atoms with van der Waals surface area (Å²) >= 11 is 0. The zero-order chi connectivity index (χ0) is 21.2. The van der Waals surface area contributed by atoms with E-state index in [0.717, 1.165) is 41.3 Å². The van der Waals surface area contributed by atoms with Crippen molar-refractivity contribution in [3.63, 3.8) is 0 Å². The van der Waals surface area contributed by atoms with Crippen LogP contribution in [-0.2, 0) is 6.54 Å². The van der Waals surface area contributed by atoms with Gasteiger partial charge in [0.25, 0.3) is 0 Å². The maximum Gasteiger partial charge on any atom is 0.319 e. The number of imidazole rings is 1. The van der Waals surface area contributed by atoms with Gasteiger partial charge in [0.15, 0.2) is 5.82 Å². The highest BCUT2D eigenvalue weighted by atomic mass is 16.2. The van der Waals surface area contributed by atoms with Crippen LogP contribution in [0.2, 0.25) is 0 Å². The van der Waals surface area contributed by atoms with Gasteiger partial charge in [0.1, 0.15) is 5.82 Å². The lowest BCUT2D eigenvalue weighted by Gasteiger charge is -2.13. The van der Waals surface area contributed by atoms with Crippen molar-refractivity contribution in [2.24, 2.45) is 0 Å². The van der Waals surface area contributed by atoms with E-state index in [4.69, 9.17) is 0 Å². The molecule has 2 aromatic carbocycles. The number of para-hydroxylation sites is 1. The first-order chi connectivity index (χ1) is 15.2. The Morgan fingerprint density at radius 3 is 2.84 bits per heavy atom. The van der Waals surface area contributed by atoms with Gasteiger partial charge in [-0.25, -0.2) is 14.5 Å². The van der Waals surface area contributed by atoms with E-state index in [0.29, 0.717) is 18.3 Å². The van der Waals surface area contributed by atoms with Crippen LogP contribution >= 0.6 is 0 Å². The van der Waals surface area contributed by atoms with Gasteiger partial charge in [0.2, 0.25) is 0 Å². The van der Waals surface area contributed by atoms with Crippen molar-refractivity contribution in [1.29, 1.82) is 0 Å². The normalized spacial score (nSPS) is 13.2. The van der Waals surface area contributed by atoms with E-state index in [1.54, 1.807) is 6.20 Å². The molecule has 0 aliphatic heterocycles. The molecular formula is C22H22N8O. The molecule has 0 saturated heterocycles. The first kappa shape index (κ1) is 19.0. The monoisotopic (exact) mass is 414 g/mol. The number of anilines is 1. The smallest absolute Gasteiger partial charge is 0.319 e. The number of nitrogens with one attached hydrogen (secondary N) is 2. The molecule has 1 aliphatic rings. The fourth-order valence-corrected chi connectivity index (χ4v) is 3.56. The van der Waals surface area contributed by atoms with Crippen LogP contribution < -0.4 is 10.6 Å². The molecule has 9 nitrogen and oxygen atoms in total. The van der Waals surface area contributed by atoms with Crippen LogP contribution in [-0.4, -0.2) is 35.8 Å². The molecule has 2 aromatic heterocycles.